The van der Waals surface area contributed by atoms with Crippen LogP contribution < -0.4 is 0 Å². The Morgan fingerprint density at radius 2 is 0.540 bits per heavy atom. The van der Waals surface area contributed by atoms with Gasteiger partial charge in [-0.2, -0.15) is 0 Å². The van der Waals surface area contributed by atoms with Gasteiger partial charge < -0.3 is 14.2 Å². The van der Waals surface area contributed by atoms with Gasteiger partial charge in [0.2, 0.25) is 0 Å². The molecule has 0 heterocycles. The van der Waals surface area contributed by atoms with Crippen LogP contribution in [-0.4, -0.2) is 37.2 Å². The van der Waals surface area contributed by atoms with Crippen LogP contribution in [0.25, 0.3) is 0 Å². The number of carbonyl (C=O) groups excluding carboxylic acids is 3. The Morgan fingerprint density at radius 3 is 0.873 bits per heavy atom. The van der Waals surface area contributed by atoms with Gasteiger partial charge in [-0.3, -0.25) is 14.4 Å². The summed E-state index contributed by atoms with van der Waals surface area (Å²) in [6, 6.07) is 0. The summed E-state index contributed by atoms with van der Waals surface area (Å²) in [6.07, 6.45) is 60.4. The molecule has 6 nitrogen and oxygen atoms in total. The summed E-state index contributed by atoms with van der Waals surface area (Å²) in [7, 11) is 0. The van der Waals surface area contributed by atoms with Crippen molar-refractivity contribution in [3.63, 3.8) is 0 Å². The van der Waals surface area contributed by atoms with E-state index in [-0.39, 0.29) is 31.1 Å². The lowest BCUT2D eigenvalue weighted by Gasteiger charge is -2.18. The van der Waals surface area contributed by atoms with E-state index in [4.69, 9.17) is 14.2 Å². The number of unbranched alkanes of at least 4 members (excludes halogenated alkanes) is 36. The summed E-state index contributed by atoms with van der Waals surface area (Å²) in [4.78, 5) is 37.9. The molecular formula is C57H106O6. The van der Waals surface area contributed by atoms with Crippen LogP contribution in [0.3, 0.4) is 0 Å². The first kappa shape index (κ1) is 60.9. The number of carbonyl (C=O) groups is 3. The molecule has 0 aliphatic rings. The zero-order chi connectivity index (χ0) is 45.8. The number of esters is 3. The first-order chi connectivity index (χ1) is 31.0. The molecule has 370 valence electrons. The average Bonchev–Trinajstić information content (AvgIpc) is 3.28. The quantitative estimate of drug-likeness (QED) is 0.0262. The number of rotatable bonds is 51. The number of hydrogen-bond donors (Lipinski definition) is 0. The van der Waals surface area contributed by atoms with Gasteiger partial charge >= 0.3 is 17.9 Å². The molecule has 0 aliphatic carbocycles. The van der Waals surface area contributed by atoms with Gasteiger partial charge in [0.15, 0.2) is 6.10 Å². The SMILES string of the molecule is CCCCCC/C=C\CCCC(=O)OCC(COC(=O)CCCCCCCCC/C=C\CCCCCCCCCC)OC(=O)CCCCCCCCCCCCCCCCCCC. The van der Waals surface area contributed by atoms with Crippen molar-refractivity contribution < 1.29 is 28.6 Å². The Hall–Kier alpha value is -2.11. The lowest BCUT2D eigenvalue weighted by atomic mass is 10.0. The number of ether oxygens (including phenoxy) is 3. The minimum Gasteiger partial charge on any atom is -0.462 e. The molecule has 0 radical (unpaired) electrons. The van der Waals surface area contributed by atoms with E-state index in [1.165, 1.54) is 205 Å². The van der Waals surface area contributed by atoms with Crippen molar-refractivity contribution in [2.45, 2.75) is 309 Å². The van der Waals surface area contributed by atoms with Crippen molar-refractivity contribution >= 4 is 17.9 Å². The summed E-state index contributed by atoms with van der Waals surface area (Å²) in [5, 5.41) is 0. The molecule has 0 aromatic carbocycles. The Kier molecular flexibility index (Phi) is 50.8. The third-order valence-electron chi connectivity index (χ3n) is 12.4. The monoisotopic (exact) mass is 887 g/mol. The third kappa shape index (κ3) is 50.7. The van der Waals surface area contributed by atoms with Crippen molar-refractivity contribution in [1.82, 2.24) is 0 Å². The highest BCUT2D eigenvalue weighted by Gasteiger charge is 2.19. The highest BCUT2D eigenvalue weighted by molar-refractivity contribution is 5.71. The van der Waals surface area contributed by atoms with Gasteiger partial charge in [0.1, 0.15) is 13.2 Å². The van der Waals surface area contributed by atoms with Gasteiger partial charge in [0.25, 0.3) is 0 Å². The Balaban J connectivity index is 4.26. The molecule has 0 amide bonds. The second kappa shape index (κ2) is 52.5. The summed E-state index contributed by atoms with van der Waals surface area (Å²) < 4.78 is 16.8. The van der Waals surface area contributed by atoms with Crippen molar-refractivity contribution in [1.29, 1.82) is 0 Å². The second-order valence-electron chi connectivity index (χ2n) is 18.8. The van der Waals surface area contributed by atoms with Crippen LogP contribution in [0.15, 0.2) is 24.3 Å². The molecule has 63 heavy (non-hydrogen) atoms. The van der Waals surface area contributed by atoms with Crippen molar-refractivity contribution in [2.75, 3.05) is 13.2 Å². The fourth-order valence-corrected chi connectivity index (χ4v) is 8.21. The van der Waals surface area contributed by atoms with Gasteiger partial charge in [-0.15, -0.1) is 0 Å². The van der Waals surface area contributed by atoms with E-state index in [2.05, 4.69) is 45.1 Å². The minimum absolute atomic E-state index is 0.0781. The normalized spacial score (nSPS) is 12.1. The first-order valence-electron chi connectivity index (χ1n) is 27.8. The highest BCUT2D eigenvalue weighted by Crippen LogP contribution is 2.16. The summed E-state index contributed by atoms with van der Waals surface area (Å²) in [6.45, 7) is 6.62. The van der Waals surface area contributed by atoms with Crippen LogP contribution in [0.5, 0.6) is 0 Å². The largest absolute Gasteiger partial charge is 0.462 e. The van der Waals surface area contributed by atoms with E-state index >= 15 is 0 Å². The minimum atomic E-state index is -0.779. The predicted molar refractivity (Wildman–Crippen MR) is 270 cm³/mol. The van der Waals surface area contributed by atoms with Crippen molar-refractivity contribution in [2.24, 2.45) is 0 Å². The van der Waals surface area contributed by atoms with Gasteiger partial charge in [-0.05, 0) is 64.2 Å². The molecule has 0 spiro atoms. The lowest BCUT2D eigenvalue weighted by Crippen LogP contribution is -2.30. The molecule has 0 bridgehead atoms. The molecule has 0 saturated heterocycles. The van der Waals surface area contributed by atoms with Gasteiger partial charge in [-0.1, -0.05) is 244 Å². The maximum Gasteiger partial charge on any atom is 0.306 e. The van der Waals surface area contributed by atoms with Crippen LogP contribution in [0.1, 0.15) is 303 Å². The molecule has 0 fully saturated rings. The third-order valence-corrected chi connectivity index (χ3v) is 12.4. The van der Waals surface area contributed by atoms with Gasteiger partial charge in [0, 0.05) is 19.3 Å². The molecule has 0 N–H and O–H groups in total. The van der Waals surface area contributed by atoms with Crippen LogP contribution in [0, 0.1) is 0 Å². The topological polar surface area (TPSA) is 78.9 Å². The Labute approximate surface area is 392 Å². The fraction of sp³-hybridized carbons (Fsp3) is 0.877. The maximum atomic E-state index is 12.8. The lowest BCUT2D eigenvalue weighted by molar-refractivity contribution is -0.167. The van der Waals surface area contributed by atoms with Crippen molar-refractivity contribution in [3.8, 4) is 0 Å². The highest BCUT2D eigenvalue weighted by atomic mass is 16.6. The average molecular weight is 887 g/mol. The van der Waals surface area contributed by atoms with Crippen LogP contribution in [-0.2, 0) is 28.6 Å². The first-order valence-corrected chi connectivity index (χ1v) is 27.8. The maximum absolute atomic E-state index is 12.8. The van der Waals surface area contributed by atoms with Gasteiger partial charge in [0.05, 0.1) is 0 Å². The molecule has 0 aromatic rings. The molecule has 0 rings (SSSR count). The van der Waals surface area contributed by atoms with Crippen LogP contribution in [0.2, 0.25) is 0 Å². The fourth-order valence-electron chi connectivity index (χ4n) is 8.21. The summed E-state index contributed by atoms with van der Waals surface area (Å²) in [5.74, 6) is -0.903. The Morgan fingerprint density at radius 1 is 0.302 bits per heavy atom. The van der Waals surface area contributed by atoms with E-state index < -0.39 is 6.10 Å². The summed E-state index contributed by atoms with van der Waals surface area (Å²) >= 11 is 0. The molecule has 0 aliphatic heterocycles. The molecule has 1 atom stereocenters. The van der Waals surface area contributed by atoms with E-state index in [0.29, 0.717) is 19.3 Å². The predicted octanol–water partition coefficient (Wildman–Crippen LogP) is 18.3. The van der Waals surface area contributed by atoms with Crippen LogP contribution >= 0.6 is 0 Å². The number of hydrogen-bond acceptors (Lipinski definition) is 6. The zero-order valence-electron chi connectivity index (χ0n) is 42.4. The number of allylic oxidation sites excluding steroid dienone is 4. The second-order valence-corrected chi connectivity index (χ2v) is 18.8. The Bertz CT molecular complexity index is 1020. The molecule has 0 saturated carbocycles. The molecule has 1 unspecified atom stereocenters. The van der Waals surface area contributed by atoms with E-state index in [0.717, 1.165) is 57.8 Å². The molecular weight excluding hydrogens is 781 g/mol. The van der Waals surface area contributed by atoms with E-state index in [1.807, 2.05) is 0 Å². The van der Waals surface area contributed by atoms with Gasteiger partial charge in [-0.25, -0.2) is 0 Å². The zero-order valence-corrected chi connectivity index (χ0v) is 42.4. The van der Waals surface area contributed by atoms with E-state index in [1.54, 1.807) is 0 Å². The smallest absolute Gasteiger partial charge is 0.306 e. The molecule has 6 heteroatoms. The van der Waals surface area contributed by atoms with E-state index in [9.17, 15) is 14.4 Å². The standard InChI is InChI=1S/C57H106O6/c1-4-7-10-13-16-19-21-23-25-27-28-30-31-33-35-38-41-44-47-50-56(59)62-53-54(52-61-55(58)49-46-43-40-37-18-15-12-9-6-3)63-57(60)51-48-45-42-39-36-34-32-29-26-24-22-20-17-14-11-8-5-2/h27-28,37,40,54H,4-26,29-36,38-39,41-53H2,1-3H3/b28-27-,40-37-. The summed E-state index contributed by atoms with van der Waals surface area (Å²) in [5.41, 5.74) is 0. The van der Waals surface area contributed by atoms with Crippen molar-refractivity contribution in [3.05, 3.63) is 24.3 Å². The molecule has 0 aromatic heterocycles. The van der Waals surface area contributed by atoms with Crippen LogP contribution in [0.4, 0.5) is 0 Å².